The van der Waals surface area contributed by atoms with E-state index in [4.69, 9.17) is 0 Å². The number of carbonyl (C=O) groups is 1. The van der Waals surface area contributed by atoms with Crippen molar-refractivity contribution in [2.24, 2.45) is 0 Å². The molecule has 0 unspecified atom stereocenters. The number of nitrogens with one attached hydrogen (secondary N) is 1. The van der Waals surface area contributed by atoms with Gasteiger partial charge in [-0.3, -0.25) is 4.72 Å². The van der Waals surface area contributed by atoms with Crippen molar-refractivity contribution in [3.63, 3.8) is 0 Å². The number of hydrogen-bond acceptors (Lipinski definition) is 3. The van der Waals surface area contributed by atoms with Crippen molar-refractivity contribution < 1.29 is 18.3 Å². The number of aromatic carboxylic acids is 1. The van der Waals surface area contributed by atoms with Gasteiger partial charge in [-0.05, 0) is 65.8 Å². The topological polar surface area (TPSA) is 83.5 Å². The zero-order valence-corrected chi connectivity index (χ0v) is 19.3. The maximum absolute atomic E-state index is 13.0. The van der Waals surface area contributed by atoms with Crippen LogP contribution in [-0.4, -0.2) is 19.5 Å². The van der Waals surface area contributed by atoms with E-state index in [2.05, 4.69) is 4.72 Å². The lowest BCUT2D eigenvalue weighted by atomic mass is 9.99. The molecule has 6 heteroatoms. The molecule has 0 amide bonds. The van der Waals surface area contributed by atoms with E-state index in [-0.39, 0.29) is 4.90 Å². The fourth-order valence-electron chi connectivity index (χ4n) is 3.91. The molecule has 0 aromatic heterocycles. The number of aryl methyl sites for hydroxylation is 2. The summed E-state index contributed by atoms with van der Waals surface area (Å²) in [6.45, 7) is 0. The fraction of sp³-hybridized carbons (Fsp3) is 0.107. The van der Waals surface area contributed by atoms with Crippen LogP contribution in [0.15, 0.2) is 108 Å². The minimum atomic E-state index is -3.76. The highest BCUT2D eigenvalue weighted by molar-refractivity contribution is 7.92. The molecule has 0 fully saturated rings. The van der Waals surface area contributed by atoms with E-state index in [0.29, 0.717) is 30.5 Å². The first kappa shape index (κ1) is 23.3. The summed E-state index contributed by atoms with van der Waals surface area (Å²) in [5, 5.41) is 9.37. The zero-order valence-electron chi connectivity index (χ0n) is 18.5. The molecule has 0 radical (unpaired) electrons. The van der Waals surface area contributed by atoms with Crippen LogP contribution in [0.5, 0.6) is 0 Å². The summed E-state index contributed by atoms with van der Waals surface area (Å²) in [6.07, 6.45) is 1.89. The molecule has 0 saturated carbocycles. The molecule has 0 heterocycles. The molecule has 34 heavy (non-hydrogen) atoms. The number of carboxylic acid groups (broad SMARTS) is 1. The van der Waals surface area contributed by atoms with Crippen LogP contribution in [-0.2, 0) is 22.9 Å². The van der Waals surface area contributed by atoms with Crippen molar-refractivity contribution in [1.29, 1.82) is 0 Å². The molecule has 0 aliphatic carbocycles. The first-order valence-electron chi connectivity index (χ1n) is 11.0. The number of rotatable bonds is 9. The minimum Gasteiger partial charge on any atom is -0.478 e. The zero-order chi connectivity index (χ0) is 24.0. The summed E-state index contributed by atoms with van der Waals surface area (Å²) in [5.74, 6) is -0.943. The smallest absolute Gasteiger partial charge is 0.335 e. The van der Waals surface area contributed by atoms with Crippen LogP contribution < -0.4 is 4.72 Å². The largest absolute Gasteiger partial charge is 0.478 e. The first-order valence-corrected chi connectivity index (χ1v) is 12.5. The number of benzene rings is 4. The molecule has 4 rings (SSSR count). The van der Waals surface area contributed by atoms with Gasteiger partial charge in [0.25, 0.3) is 10.0 Å². The Kier molecular flexibility index (Phi) is 7.09. The summed E-state index contributed by atoms with van der Waals surface area (Å²) >= 11 is 0. The van der Waals surface area contributed by atoms with Gasteiger partial charge < -0.3 is 5.11 Å². The van der Waals surface area contributed by atoms with Gasteiger partial charge in [-0.25, -0.2) is 13.2 Å². The van der Waals surface area contributed by atoms with Crippen molar-refractivity contribution in [2.45, 2.75) is 24.2 Å². The highest BCUT2D eigenvalue weighted by atomic mass is 32.2. The van der Waals surface area contributed by atoms with E-state index >= 15 is 0 Å². The van der Waals surface area contributed by atoms with Crippen molar-refractivity contribution in [3.05, 3.63) is 120 Å². The Balaban J connectivity index is 1.47. The van der Waals surface area contributed by atoms with Gasteiger partial charge in [-0.2, -0.15) is 0 Å². The number of para-hydroxylation sites is 1. The minimum absolute atomic E-state index is 0.192. The first-order chi connectivity index (χ1) is 16.4. The van der Waals surface area contributed by atoms with Crippen LogP contribution in [0.25, 0.3) is 11.1 Å². The molecule has 0 atom stereocenters. The molecule has 4 aromatic carbocycles. The Labute approximate surface area is 199 Å². The van der Waals surface area contributed by atoms with Crippen LogP contribution in [0, 0.1) is 0 Å². The van der Waals surface area contributed by atoms with Crippen molar-refractivity contribution in [1.82, 2.24) is 0 Å². The fourth-order valence-corrected chi connectivity index (χ4v) is 5.02. The maximum atomic E-state index is 13.0. The van der Waals surface area contributed by atoms with E-state index in [1.54, 1.807) is 48.5 Å². The third-order valence-electron chi connectivity index (χ3n) is 5.67. The van der Waals surface area contributed by atoms with Crippen LogP contribution in [0.1, 0.15) is 27.9 Å². The average molecular weight is 472 g/mol. The second-order valence-corrected chi connectivity index (χ2v) is 9.65. The summed E-state index contributed by atoms with van der Waals surface area (Å²) in [7, 11) is -3.76. The van der Waals surface area contributed by atoms with E-state index in [1.165, 1.54) is 0 Å². The van der Waals surface area contributed by atoms with Crippen LogP contribution in [0.2, 0.25) is 0 Å². The van der Waals surface area contributed by atoms with E-state index in [0.717, 1.165) is 22.3 Å². The predicted octanol–water partition coefficient (Wildman–Crippen LogP) is 6.03. The summed E-state index contributed by atoms with van der Waals surface area (Å²) in [4.78, 5) is 11.6. The van der Waals surface area contributed by atoms with Gasteiger partial charge in [-0.15, -0.1) is 0 Å². The summed E-state index contributed by atoms with van der Waals surface area (Å²) < 4.78 is 28.8. The number of sulfonamides is 1. The van der Waals surface area contributed by atoms with Gasteiger partial charge in [0.15, 0.2) is 0 Å². The standard InChI is InChI=1S/C28H25NO4S/c30-28(31)26-15-6-4-11-23(26)13-8-14-24-12-5-7-16-27(24)29-34(32,33)25-19-17-22(18-20-25)21-9-2-1-3-10-21/h1-7,9-12,15-20,29H,8,13-14H2,(H,30,31). The average Bonchev–Trinajstić information content (AvgIpc) is 2.86. The van der Waals surface area contributed by atoms with Gasteiger partial charge in [0.1, 0.15) is 0 Å². The third kappa shape index (κ3) is 5.53. The highest BCUT2D eigenvalue weighted by Crippen LogP contribution is 2.25. The van der Waals surface area contributed by atoms with Gasteiger partial charge >= 0.3 is 5.97 Å². The highest BCUT2D eigenvalue weighted by Gasteiger charge is 2.16. The summed E-state index contributed by atoms with van der Waals surface area (Å²) in [5.41, 5.74) is 4.43. The molecule has 0 aliphatic rings. The van der Waals surface area contributed by atoms with Crippen molar-refractivity contribution in [3.8, 4) is 11.1 Å². The van der Waals surface area contributed by atoms with Crippen LogP contribution >= 0.6 is 0 Å². The molecule has 0 saturated heterocycles. The van der Waals surface area contributed by atoms with Crippen molar-refractivity contribution >= 4 is 21.7 Å². The van der Waals surface area contributed by atoms with Gasteiger partial charge in [0.05, 0.1) is 16.1 Å². The van der Waals surface area contributed by atoms with Gasteiger partial charge in [-0.1, -0.05) is 78.9 Å². The Hall–Kier alpha value is -3.90. The second-order valence-electron chi connectivity index (χ2n) is 7.97. The van der Waals surface area contributed by atoms with E-state index < -0.39 is 16.0 Å². The lowest BCUT2D eigenvalue weighted by Crippen LogP contribution is -2.14. The maximum Gasteiger partial charge on any atom is 0.335 e. The van der Waals surface area contributed by atoms with Gasteiger partial charge in [0.2, 0.25) is 0 Å². The number of hydrogen-bond donors (Lipinski definition) is 2. The van der Waals surface area contributed by atoms with Crippen LogP contribution in [0.4, 0.5) is 5.69 Å². The molecule has 172 valence electrons. The lowest BCUT2D eigenvalue weighted by Gasteiger charge is -2.13. The molecule has 4 aromatic rings. The third-order valence-corrected chi connectivity index (χ3v) is 7.05. The molecule has 0 spiro atoms. The molecular formula is C28H25NO4S. The van der Waals surface area contributed by atoms with E-state index in [9.17, 15) is 18.3 Å². The Morgan fingerprint density at radius 2 is 1.24 bits per heavy atom. The van der Waals surface area contributed by atoms with Crippen LogP contribution in [0.3, 0.4) is 0 Å². The Morgan fingerprint density at radius 3 is 1.94 bits per heavy atom. The molecule has 0 aliphatic heterocycles. The molecule has 5 nitrogen and oxygen atoms in total. The SMILES string of the molecule is O=C(O)c1ccccc1CCCc1ccccc1NS(=O)(=O)c1ccc(-c2ccccc2)cc1. The molecule has 2 N–H and O–H groups in total. The Morgan fingerprint density at radius 1 is 0.676 bits per heavy atom. The number of carboxylic acids is 1. The summed E-state index contributed by atoms with van der Waals surface area (Å²) in [6, 6.07) is 30.8. The predicted molar refractivity (Wildman–Crippen MR) is 135 cm³/mol. The van der Waals surface area contributed by atoms with E-state index in [1.807, 2.05) is 54.6 Å². The normalized spacial score (nSPS) is 11.2. The lowest BCUT2D eigenvalue weighted by molar-refractivity contribution is 0.0695. The second kappa shape index (κ2) is 10.4. The molecular weight excluding hydrogens is 446 g/mol. The number of anilines is 1. The quantitative estimate of drug-likeness (QED) is 0.312. The Bertz CT molecular complexity index is 1380. The van der Waals surface area contributed by atoms with Crippen molar-refractivity contribution in [2.75, 3.05) is 4.72 Å². The molecule has 0 bridgehead atoms. The monoisotopic (exact) mass is 471 g/mol. The van der Waals surface area contributed by atoms with Gasteiger partial charge in [0, 0.05) is 0 Å².